The lowest BCUT2D eigenvalue weighted by Gasteiger charge is -2.20. The molecule has 0 saturated carbocycles. The van der Waals surface area contributed by atoms with Crippen molar-refractivity contribution in [3.8, 4) is 6.07 Å². The molecule has 1 fully saturated rings. The van der Waals surface area contributed by atoms with Crippen LogP contribution < -0.4 is 21.7 Å². The number of fused-ring (bicyclic) bond motifs is 1. The number of hydrogen-bond acceptors (Lipinski definition) is 9. The van der Waals surface area contributed by atoms with Crippen molar-refractivity contribution < 1.29 is 0 Å². The van der Waals surface area contributed by atoms with Gasteiger partial charge in [0, 0.05) is 30.2 Å². The van der Waals surface area contributed by atoms with Crippen LogP contribution in [0.5, 0.6) is 0 Å². The number of aromatic nitrogens is 4. The van der Waals surface area contributed by atoms with Crippen molar-refractivity contribution in [2.75, 3.05) is 34.8 Å². The van der Waals surface area contributed by atoms with Crippen LogP contribution in [-0.2, 0) is 0 Å². The molecule has 2 aromatic heterocycles. The van der Waals surface area contributed by atoms with Crippen LogP contribution in [0.2, 0.25) is 0 Å². The lowest BCUT2D eigenvalue weighted by atomic mass is 10.2. The molecule has 1 atom stereocenters. The first-order chi connectivity index (χ1) is 12.6. The van der Waals surface area contributed by atoms with Gasteiger partial charge in [-0.1, -0.05) is 0 Å². The summed E-state index contributed by atoms with van der Waals surface area (Å²) in [7, 11) is 0. The molecular weight excluding hydrogens is 330 g/mol. The predicted octanol–water partition coefficient (Wildman–Crippen LogP) is 1.15. The van der Waals surface area contributed by atoms with E-state index in [1.807, 2.05) is 18.2 Å². The molecule has 1 saturated heterocycles. The van der Waals surface area contributed by atoms with Crippen LogP contribution in [0.3, 0.4) is 0 Å². The minimum Gasteiger partial charge on any atom is -0.399 e. The van der Waals surface area contributed by atoms with Crippen molar-refractivity contribution in [1.29, 1.82) is 5.26 Å². The van der Waals surface area contributed by atoms with E-state index in [9.17, 15) is 0 Å². The van der Waals surface area contributed by atoms with Crippen LogP contribution in [0.15, 0.2) is 30.6 Å². The van der Waals surface area contributed by atoms with Crippen molar-refractivity contribution in [3.05, 3.63) is 36.2 Å². The van der Waals surface area contributed by atoms with Crippen LogP contribution in [0.4, 0.5) is 23.4 Å². The average Bonchev–Trinajstić information content (AvgIpc) is 3.09. The van der Waals surface area contributed by atoms with Gasteiger partial charge in [-0.05, 0) is 24.6 Å². The van der Waals surface area contributed by atoms with E-state index < -0.39 is 0 Å². The lowest BCUT2D eigenvalue weighted by Crippen LogP contribution is -2.27. The molecule has 1 aromatic carbocycles. The van der Waals surface area contributed by atoms with E-state index in [0.29, 0.717) is 17.2 Å². The first-order valence-corrected chi connectivity index (χ1v) is 8.19. The summed E-state index contributed by atoms with van der Waals surface area (Å²) in [6.07, 6.45) is 3.92. The third kappa shape index (κ3) is 3.00. The molecule has 0 amide bonds. The van der Waals surface area contributed by atoms with Gasteiger partial charge in [0.15, 0.2) is 0 Å². The van der Waals surface area contributed by atoms with Crippen molar-refractivity contribution in [3.63, 3.8) is 0 Å². The second-order valence-corrected chi connectivity index (χ2v) is 6.17. The summed E-state index contributed by atoms with van der Waals surface area (Å²) >= 11 is 0. The van der Waals surface area contributed by atoms with E-state index in [4.69, 9.17) is 16.7 Å². The van der Waals surface area contributed by atoms with Crippen LogP contribution in [0.1, 0.15) is 12.0 Å². The summed E-state index contributed by atoms with van der Waals surface area (Å²) in [5.74, 6) is 1.54. The summed E-state index contributed by atoms with van der Waals surface area (Å²) in [6, 6.07) is 7.73. The van der Waals surface area contributed by atoms with Gasteiger partial charge in [-0.25, -0.2) is 15.0 Å². The lowest BCUT2D eigenvalue weighted by molar-refractivity contribution is 0.791. The maximum atomic E-state index is 8.81. The van der Waals surface area contributed by atoms with Gasteiger partial charge in [-0.3, -0.25) is 0 Å². The van der Waals surface area contributed by atoms with Gasteiger partial charge in [0.2, 0.25) is 11.9 Å². The summed E-state index contributed by atoms with van der Waals surface area (Å²) in [5, 5.41) is 13.0. The SMILES string of the molecule is N#Cc1cnc(N[C@@H]2CCN(c3nc(N)nc4cc(N)ccc34)C2)nc1. The van der Waals surface area contributed by atoms with Crippen LogP contribution >= 0.6 is 0 Å². The van der Waals surface area contributed by atoms with Gasteiger partial charge in [-0.2, -0.15) is 10.2 Å². The van der Waals surface area contributed by atoms with Crippen LogP contribution in [0, 0.1) is 11.3 Å². The van der Waals surface area contributed by atoms with Crippen molar-refractivity contribution in [2.24, 2.45) is 0 Å². The van der Waals surface area contributed by atoms with E-state index in [1.165, 1.54) is 12.4 Å². The minimum atomic E-state index is 0.169. The Morgan fingerprint density at radius 1 is 1.19 bits per heavy atom. The monoisotopic (exact) mass is 347 g/mol. The van der Waals surface area contributed by atoms with E-state index in [2.05, 4.69) is 30.2 Å². The Labute approximate surface area is 149 Å². The maximum Gasteiger partial charge on any atom is 0.222 e. The molecule has 9 heteroatoms. The second-order valence-electron chi connectivity index (χ2n) is 6.17. The van der Waals surface area contributed by atoms with E-state index >= 15 is 0 Å². The largest absolute Gasteiger partial charge is 0.399 e. The Kier molecular flexibility index (Phi) is 3.85. The summed E-state index contributed by atoms with van der Waals surface area (Å²) in [4.78, 5) is 19.2. The van der Waals surface area contributed by atoms with Gasteiger partial charge in [0.25, 0.3) is 0 Å². The highest BCUT2D eigenvalue weighted by atomic mass is 15.3. The number of nitrogens with zero attached hydrogens (tertiary/aromatic N) is 6. The molecule has 0 radical (unpaired) electrons. The second kappa shape index (κ2) is 6.33. The first kappa shape index (κ1) is 15.8. The van der Waals surface area contributed by atoms with Gasteiger partial charge in [0.05, 0.1) is 23.5 Å². The molecule has 26 heavy (non-hydrogen) atoms. The average molecular weight is 347 g/mol. The molecule has 3 heterocycles. The minimum absolute atomic E-state index is 0.169. The third-order valence-corrected chi connectivity index (χ3v) is 4.32. The Morgan fingerprint density at radius 2 is 2.00 bits per heavy atom. The van der Waals surface area contributed by atoms with Crippen molar-refractivity contribution >= 4 is 34.3 Å². The van der Waals surface area contributed by atoms with Crippen molar-refractivity contribution in [1.82, 2.24) is 19.9 Å². The number of benzene rings is 1. The topological polar surface area (TPSA) is 143 Å². The van der Waals surface area contributed by atoms with Gasteiger partial charge in [-0.15, -0.1) is 0 Å². The number of nitrogens with two attached hydrogens (primary N) is 2. The highest BCUT2D eigenvalue weighted by Gasteiger charge is 2.26. The molecule has 9 nitrogen and oxygen atoms in total. The zero-order valence-corrected chi connectivity index (χ0v) is 13.9. The number of nitrogen functional groups attached to an aromatic ring is 2. The zero-order valence-electron chi connectivity index (χ0n) is 13.9. The fourth-order valence-electron chi connectivity index (χ4n) is 3.10. The standard InChI is InChI=1S/C17H17N9/c18-6-10-7-21-17(22-8-10)23-12-3-4-26(9-12)15-13-2-1-11(19)5-14(13)24-16(20)25-15/h1-2,5,7-8,12H,3-4,9,19H2,(H2,20,24,25)(H,21,22,23)/t12-/m1/s1. The third-order valence-electron chi connectivity index (χ3n) is 4.32. The van der Waals surface area contributed by atoms with E-state index in [-0.39, 0.29) is 12.0 Å². The molecular formula is C17H17N9. The van der Waals surface area contributed by atoms with Gasteiger partial charge >= 0.3 is 0 Å². The number of anilines is 4. The van der Waals surface area contributed by atoms with Crippen molar-refractivity contribution in [2.45, 2.75) is 12.5 Å². The fraction of sp³-hybridized carbons (Fsp3) is 0.235. The molecule has 1 aliphatic heterocycles. The first-order valence-electron chi connectivity index (χ1n) is 8.19. The summed E-state index contributed by atoms with van der Waals surface area (Å²) in [6.45, 7) is 1.56. The maximum absolute atomic E-state index is 8.81. The van der Waals surface area contributed by atoms with Gasteiger partial charge < -0.3 is 21.7 Å². The fourth-order valence-corrected chi connectivity index (χ4v) is 3.10. The molecule has 0 aliphatic carbocycles. The molecule has 3 aromatic rings. The number of nitrogens with one attached hydrogen (secondary N) is 1. The summed E-state index contributed by atoms with van der Waals surface area (Å²) < 4.78 is 0. The summed E-state index contributed by atoms with van der Waals surface area (Å²) in [5.41, 5.74) is 13.5. The molecule has 130 valence electrons. The normalized spacial score (nSPS) is 16.6. The highest BCUT2D eigenvalue weighted by Crippen LogP contribution is 2.29. The number of rotatable bonds is 3. The number of hydrogen-bond donors (Lipinski definition) is 3. The molecule has 0 bridgehead atoms. The Balaban J connectivity index is 1.55. The van der Waals surface area contributed by atoms with Gasteiger partial charge in [0.1, 0.15) is 11.9 Å². The molecule has 4 rings (SSSR count). The quantitative estimate of drug-likeness (QED) is 0.594. The van der Waals surface area contributed by atoms with E-state index in [0.717, 1.165) is 36.2 Å². The van der Waals surface area contributed by atoms with E-state index in [1.54, 1.807) is 6.07 Å². The Hall–Kier alpha value is -3.67. The molecule has 0 spiro atoms. The smallest absolute Gasteiger partial charge is 0.222 e. The number of nitriles is 1. The predicted molar refractivity (Wildman–Crippen MR) is 99.4 cm³/mol. The Bertz CT molecular complexity index is 988. The Morgan fingerprint density at radius 3 is 2.77 bits per heavy atom. The van der Waals surface area contributed by atoms with Crippen LogP contribution in [0.25, 0.3) is 10.9 Å². The highest BCUT2D eigenvalue weighted by molar-refractivity contribution is 5.92. The molecule has 0 unspecified atom stereocenters. The molecule has 5 N–H and O–H groups in total. The zero-order chi connectivity index (χ0) is 18.1. The van der Waals surface area contributed by atoms with Crippen LogP contribution in [-0.4, -0.2) is 39.1 Å². The molecule has 1 aliphatic rings.